The summed E-state index contributed by atoms with van der Waals surface area (Å²) in [4.78, 5) is 0.351. The molecule has 2 nitrogen and oxygen atoms in total. The molecule has 0 spiro atoms. The number of hydrogen-bond acceptors (Lipinski definition) is 2. The van der Waals surface area contributed by atoms with Gasteiger partial charge in [-0.1, -0.05) is 11.6 Å². The molecule has 0 bridgehead atoms. The molecule has 0 atom stereocenters. The summed E-state index contributed by atoms with van der Waals surface area (Å²) in [6, 6.07) is 6.25. The zero-order valence-electron chi connectivity index (χ0n) is 6.70. The van der Waals surface area contributed by atoms with Gasteiger partial charge >= 0.3 is 18.2 Å². The van der Waals surface area contributed by atoms with Crippen molar-refractivity contribution in [3.05, 3.63) is 29.3 Å². The molecule has 0 saturated carbocycles. The minimum Gasteiger partial charge on any atom is -0.305 e. The smallest absolute Gasteiger partial charge is 0.305 e. The SMILES string of the molecule is O=S(=O)([CH2][Mg][Br])c1ccc(Cl)cc1. The van der Waals surface area contributed by atoms with E-state index < -0.39 is 28.0 Å². The van der Waals surface area contributed by atoms with E-state index in [0.29, 0.717) is 9.92 Å². The fraction of sp³-hybridized carbons (Fsp3) is 0.143. The van der Waals surface area contributed by atoms with E-state index in [1.807, 2.05) is 0 Å². The first kappa shape index (κ1) is 11.8. The molecule has 13 heavy (non-hydrogen) atoms. The molecule has 0 unspecified atom stereocenters. The third-order valence-corrected chi connectivity index (χ3v) is 8.44. The average molecular weight is 294 g/mol. The molecule has 0 aliphatic rings. The molecular weight excluding hydrogens is 288 g/mol. The molecule has 0 saturated heterocycles. The molecule has 1 aromatic rings. The van der Waals surface area contributed by atoms with Gasteiger partial charge in [-0.15, -0.1) is 0 Å². The normalized spacial score (nSPS) is 10.9. The summed E-state index contributed by atoms with van der Waals surface area (Å²) >= 11 is 8.22. The summed E-state index contributed by atoms with van der Waals surface area (Å²) in [6.45, 7) is 0. The predicted octanol–water partition coefficient (Wildman–Crippen LogP) is 2.09. The summed E-state index contributed by atoms with van der Waals surface area (Å²) in [5.41, 5.74) is 0. The number of benzene rings is 1. The van der Waals surface area contributed by atoms with E-state index in [1.165, 1.54) is 12.1 Å². The molecule has 0 radical (unpaired) electrons. The van der Waals surface area contributed by atoms with Gasteiger partial charge in [0.25, 0.3) is 0 Å². The molecule has 0 aromatic heterocycles. The second kappa shape index (κ2) is 4.98. The second-order valence-electron chi connectivity index (χ2n) is 2.46. The Labute approximate surface area is 98.2 Å². The van der Waals surface area contributed by atoms with Crippen LogP contribution in [0.15, 0.2) is 29.2 Å². The van der Waals surface area contributed by atoms with Gasteiger partial charge in [0, 0.05) is 5.02 Å². The molecule has 0 amide bonds. The molecule has 0 N–H and O–H groups in total. The van der Waals surface area contributed by atoms with Crippen LogP contribution in [-0.2, 0) is 9.84 Å². The second-order valence-corrected chi connectivity index (χ2v) is 8.99. The lowest BCUT2D eigenvalue weighted by atomic mass is 10.4. The van der Waals surface area contributed by atoms with Gasteiger partial charge in [0.2, 0.25) is 0 Å². The quantitative estimate of drug-likeness (QED) is 0.800. The van der Waals surface area contributed by atoms with Crippen molar-refractivity contribution in [1.82, 2.24) is 0 Å². The van der Waals surface area contributed by atoms with Gasteiger partial charge in [0.1, 0.15) is 0 Å². The third-order valence-electron chi connectivity index (χ3n) is 1.52. The molecule has 1 aromatic carbocycles. The molecule has 0 aliphatic carbocycles. The van der Waals surface area contributed by atoms with Gasteiger partial charge in [0.15, 0.2) is 9.84 Å². The molecule has 0 aliphatic heterocycles. The van der Waals surface area contributed by atoms with Crippen molar-refractivity contribution in [2.75, 3.05) is 3.88 Å². The van der Waals surface area contributed by atoms with Crippen LogP contribution in [0.5, 0.6) is 0 Å². The summed E-state index contributed by atoms with van der Waals surface area (Å²) in [5, 5.41) is 0.551. The Morgan fingerprint density at radius 3 is 2.31 bits per heavy atom. The fourth-order valence-electron chi connectivity index (χ4n) is 0.861. The largest absolute Gasteiger partial charge is 0.488 e. The minimum atomic E-state index is -3.07. The van der Waals surface area contributed by atoms with Gasteiger partial charge in [0.05, 0.1) is 4.90 Å². The van der Waals surface area contributed by atoms with Crippen molar-refractivity contribution in [3.63, 3.8) is 0 Å². The van der Waals surface area contributed by atoms with Crippen LogP contribution in [-0.4, -0.2) is 30.5 Å². The van der Waals surface area contributed by atoms with Gasteiger partial charge in [-0.3, -0.25) is 0 Å². The highest BCUT2D eigenvalue weighted by atomic mass is 79.9. The zero-order valence-corrected chi connectivity index (χ0v) is 11.3. The number of rotatable bonds is 3. The van der Waals surface area contributed by atoms with Crippen LogP contribution in [0, 0.1) is 0 Å². The Morgan fingerprint density at radius 2 is 1.85 bits per heavy atom. The lowest BCUT2D eigenvalue weighted by molar-refractivity contribution is 0.600. The lowest BCUT2D eigenvalue weighted by Crippen LogP contribution is -2.09. The molecular formula is C7H6BrClMgO2S. The summed E-state index contributed by atoms with van der Waals surface area (Å²) in [5.74, 6) is 0. The van der Waals surface area contributed by atoms with Gasteiger partial charge in [-0.2, -0.15) is 0 Å². The predicted molar refractivity (Wildman–Crippen MR) is 58.2 cm³/mol. The van der Waals surface area contributed by atoms with Crippen LogP contribution in [0.25, 0.3) is 0 Å². The highest BCUT2D eigenvalue weighted by Crippen LogP contribution is 2.15. The number of halogens is 2. The van der Waals surface area contributed by atoms with Crippen molar-refractivity contribution in [2.45, 2.75) is 4.90 Å². The Morgan fingerprint density at radius 1 is 1.31 bits per heavy atom. The van der Waals surface area contributed by atoms with Crippen molar-refractivity contribution in [2.24, 2.45) is 0 Å². The van der Waals surface area contributed by atoms with Crippen molar-refractivity contribution < 1.29 is 8.42 Å². The Bertz CT molecular complexity index is 376. The van der Waals surface area contributed by atoms with E-state index in [2.05, 4.69) is 12.9 Å². The first-order valence-electron chi connectivity index (χ1n) is 3.60. The van der Waals surface area contributed by atoms with Crippen molar-refractivity contribution in [1.29, 1.82) is 0 Å². The fourth-order valence-corrected chi connectivity index (χ4v) is 7.13. The highest BCUT2D eigenvalue weighted by molar-refractivity contribution is 9.23. The van der Waals surface area contributed by atoms with Crippen LogP contribution >= 0.6 is 24.5 Å². The van der Waals surface area contributed by atoms with Crippen LogP contribution in [0.2, 0.25) is 5.02 Å². The maximum Gasteiger partial charge on any atom is 0.488 e. The number of sulfone groups is 1. The first-order valence-corrected chi connectivity index (χ1v) is 10.5. The minimum absolute atomic E-state index is 0.245. The molecule has 68 valence electrons. The summed E-state index contributed by atoms with van der Waals surface area (Å²) in [6.07, 6.45) is 0. The Balaban J connectivity index is 3.02. The van der Waals surface area contributed by atoms with Gasteiger partial charge in [-0.25, -0.2) is 8.42 Å². The molecule has 6 heteroatoms. The Kier molecular flexibility index (Phi) is 4.51. The van der Waals surface area contributed by atoms with E-state index in [1.54, 1.807) is 12.1 Å². The van der Waals surface area contributed by atoms with Crippen LogP contribution in [0.1, 0.15) is 0 Å². The van der Waals surface area contributed by atoms with E-state index >= 15 is 0 Å². The first-order chi connectivity index (χ1) is 6.06. The van der Waals surface area contributed by atoms with Crippen LogP contribution in [0.3, 0.4) is 0 Å². The lowest BCUT2D eigenvalue weighted by Gasteiger charge is -2.01. The van der Waals surface area contributed by atoms with E-state index in [9.17, 15) is 8.42 Å². The molecule has 0 fully saturated rings. The summed E-state index contributed by atoms with van der Waals surface area (Å²) in [7, 11) is -3.07. The zero-order chi connectivity index (χ0) is 9.90. The monoisotopic (exact) mass is 292 g/mol. The maximum atomic E-state index is 11.5. The maximum absolute atomic E-state index is 11.5. The van der Waals surface area contributed by atoms with Crippen molar-refractivity contribution >= 4 is 52.5 Å². The van der Waals surface area contributed by atoms with Crippen LogP contribution < -0.4 is 0 Å². The molecule has 0 heterocycles. The average Bonchev–Trinajstić information content (AvgIpc) is 2.05. The number of hydrogen-bond donors (Lipinski definition) is 0. The third kappa shape index (κ3) is 3.40. The van der Waals surface area contributed by atoms with Crippen LogP contribution in [0.4, 0.5) is 0 Å². The topological polar surface area (TPSA) is 34.1 Å². The standard InChI is InChI=1S/C7H6ClO2S.BrH.Mg/c1-11(9,10)7-4-2-6(8)3-5-7;;/h2-5H,1H2;1H;/q;;+1/p-1. The Hall–Kier alpha value is 0.706. The van der Waals surface area contributed by atoms with E-state index in [4.69, 9.17) is 11.6 Å². The van der Waals surface area contributed by atoms with Crippen molar-refractivity contribution in [3.8, 4) is 0 Å². The summed E-state index contributed by atoms with van der Waals surface area (Å²) < 4.78 is 23.3. The molecule has 1 rings (SSSR count). The highest BCUT2D eigenvalue weighted by Gasteiger charge is 2.13. The van der Waals surface area contributed by atoms with E-state index in [0.717, 1.165) is 0 Å². The van der Waals surface area contributed by atoms with Gasteiger partial charge in [-0.05, 0) is 28.1 Å². The van der Waals surface area contributed by atoms with Gasteiger partial charge < -0.3 is 12.9 Å². The van der Waals surface area contributed by atoms with E-state index in [-0.39, 0.29) is 3.88 Å².